The van der Waals surface area contributed by atoms with Crippen LogP contribution in [0.2, 0.25) is 0 Å². The van der Waals surface area contributed by atoms with E-state index in [2.05, 4.69) is 5.32 Å². The third-order valence-corrected chi connectivity index (χ3v) is 2.42. The Morgan fingerprint density at radius 2 is 2.50 bits per heavy atom. The molecule has 0 aromatic heterocycles. The first-order valence-corrected chi connectivity index (χ1v) is 4.76. The average Bonchev–Trinajstić information content (AvgIpc) is 2.19. The van der Waals surface area contributed by atoms with Crippen LogP contribution in [0.25, 0.3) is 0 Å². The molecule has 1 fully saturated rings. The van der Waals surface area contributed by atoms with Gasteiger partial charge in [0.05, 0.1) is 13.2 Å². The van der Waals surface area contributed by atoms with Gasteiger partial charge in [-0.25, -0.2) is 0 Å². The van der Waals surface area contributed by atoms with E-state index in [0.29, 0.717) is 26.2 Å². The summed E-state index contributed by atoms with van der Waals surface area (Å²) < 4.78 is 10.1. The first-order chi connectivity index (χ1) is 6.71. The van der Waals surface area contributed by atoms with Crippen molar-refractivity contribution in [3.8, 4) is 0 Å². The maximum absolute atomic E-state index is 11.1. The van der Waals surface area contributed by atoms with Gasteiger partial charge in [0.15, 0.2) is 0 Å². The van der Waals surface area contributed by atoms with E-state index in [9.17, 15) is 4.79 Å². The third-order valence-electron chi connectivity index (χ3n) is 2.42. The molecule has 5 nitrogen and oxygen atoms in total. The Morgan fingerprint density at radius 3 is 3.00 bits per heavy atom. The summed E-state index contributed by atoms with van der Waals surface area (Å²) in [5.74, 6) is -0.840. The molecule has 0 radical (unpaired) electrons. The quantitative estimate of drug-likeness (QED) is 0.608. The summed E-state index contributed by atoms with van der Waals surface area (Å²) in [7, 11) is 1.59. The van der Waals surface area contributed by atoms with Gasteiger partial charge in [0.25, 0.3) is 0 Å². The summed E-state index contributed by atoms with van der Waals surface area (Å²) in [6.45, 7) is 1.94. The van der Waals surface area contributed by atoms with Gasteiger partial charge < -0.3 is 14.6 Å². The van der Waals surface area contributed by atoms with Crippen molar-refractivity contribution < 1.29 is 19.4 Å². The summed E-state index contributed by atoms with van der Waals surface area (Å²) >= 11 is 0. The number of hydrogen-bond donors (Lipinski definition) is 2. The summed E-state index contributed by atoms with van der Waals surface area (Å²) in [5.41, 5.74) is -0.906. The van der Waals surface area contributed by atoms with Gasteiger partial charge >= 0.3 is 5.97 Å². The Labute approximate surface area is 83.4 Å². The van der Waals surface area contributed by atoms with Crippen LogP contribution in [0.15, 0.2) is 0 Å². The van der Waals surface area contributed by atoms with E-state index in [1.165, 1.54) is 0 Å². The highest BCUT2D eigenvalue weighted by molar-refractivity contribution is 5.79. The molecule has 1 heterocycles. The standard InChI is InChI=1S/C9H17NO4/c1-13-6-4-10-9(8(11)12)3-2-5-14-7-9/h10H,2-7H2,1H3,(H,11,12). The van der Waals surface area contributed by atoms with E-state index in [1.54, 1.807) is 7.11 Å². The zero-order chi connectivity index (χ0) is 10.4. The first kappa shape index (κ1) is 11.4. The van der Waals surface area contributed by atoms with Gasteiger partial charge in [-0.15, -0.1) is 0 Å². The van der Waals surface area contributed by atoms with Crippen LogP contribution in [-0.2, 0) is 14.3 Å². The zero-order valence-corrected chi connectivity index (χ0v) is 8.41. The van der Waals surface area contributed by atoms with E-state index in [1.807, 2.05) is 0 Å². The van der Waals surface area contributed by atoms with Crippen molar-refractivity contribution in [1.82, 2.24) is 5.32 Å². The fraction of sp³-hybridized carbons (Fsp3) is 0.889. The van der Waals surface area contributed by atoms with E-state index < -0.39 is 11.5 Å². The number of rotatable bonds is 5. The number of carboxylic acids is 1. The summed E-state index contributed by atoms with van der Waals surface area (Å²) in [4.78, 5) is 11.1. The molecule has 1 aliphatic rings. The summed E-state index contributed by atoms with van der Waals surface area (Å²) in [5, 5.41) is 12.1. The molecule has 0 spiro atoms. The largest absolute Gasteiger partial charge is 0.480 e. The Kier molecular flexibility index (Phi) is 4.31. The fourth-order valence-electron chi connectivity index (χ4n) is 1.57. The molecular formula is C9H17NO4. The van der Waals surface area contributed by atoms with Crippen LogP contribution in [0.4, 0.5) is 0 Å². The van der Waals surface area contributed by atoms with Crippen molar-refractivity contribution in [2.45, 2.75) is 18.4 Å². The van der Waals surface area contributed by atoms with Crippen molar-refractivity contribution >= 4 is 5.97 Å². The first-order valence-electron chi connectivity index (χ1n) is 4.76. The van der Waals surface area contributed by atoms with Crippen molar-refractivity contribution in [3.63, 3.8) is 0 Å². The molecule has 2 N–H and O–H groups in total. The predicted molar refractivity (Wildman–Crippen MR) is 50.3 cm³/mol. The molecule has 0 aromatic rings. The van der Waals surface area contributed by atoms with Gasteiger partial charge in [0, 0.05) is 20.3 Å². The molecule has 82 valence electrons. The van der Waals surface area contributed by atoms with Crippen molar-refractivity contribution in [1.29, 1.82) is 0 Å². The minimum atomic E-state index is -0.906. The second kappa shape index (κ2) is 5.29. The van der Waals surface area contributed by atoms with Gasteiger partial charge in [0.1, 0.15) is 5.54 Å². The topological polar surface area (TPSA) is 67.8 Å². The summed E-state index contributed by atoms with van der Waals surface area (Å²) in [6, 6.07) is 0. The lowest BCUT2D eigenvalue weighted by Gasteiger charge is -2.33. The summed E-state index contributed by atoms with van der Waals surface area (Å²) in [6.07, 6.45) is 1.40. The molecule has 1 atom stereocenters. The van der Waals surface area contributed by atoms with E-state index >= 15 is 0 Å². The van der Waals surface area contributed by atoms with Crippen LogP contribution in [0.5, 0.6) is 0 Å². The van der Waals surface area contributed by atoms with Crippen molar-refractivity contribution in [3.05, 3.63) is 0 Å². The average molecular weight is 203 g/mol. The lowest BCUT2D eigenvalue weighted by atomic mass is 9.92. The normalized spacial score (nSPS) is 27.5. The highest BCUT2D eigenvalue weighted by Gasteiger charge is 2.39. The number of ether oxygens (including phenoxy) is 2. The molecule has 0 aromatic carbocycles. The maximum Gasteiger partial charge on any atom is 0.326 e. The second-order valence-corrected chi connectivity index (χ2v) is 3.46. The van der Waals surface area contributed by atoms with Crippen molar-refractivity contribution in [2.24, 2.45) is 0 Å². The molecule has 14 heavy (non-hydrogen) atoms. The minimum Gasteiger partial charge on any atom is -0.480 e. The minimum absolute atomic E-state index is 0.242. The Bertz CT molecular complexity index is 189. The van der Waals surface area contributed by atoms with E-state index in [4.69, 9.17) is 14.6 Å². The molecule has 1 rings (SSSR count). The lowest BCUT2D eigenvalue weighted by Crippen LogP contribution is -2.58. The van der Waals surface area contributed by atoms with Crippen LogP contribution >= 0.6 is 0 Å². The lowest BCUT2D eigenvalue weighted by molar-refractivity contribution is -0.151. The van der Waals surface area contributed by atoms with E-state index in [-0.39, 0.29) is 6.61 Å². The zero-order valence-electron chi connectivity index (χ0n) is 8.41. The maximum atomic E-state index is 11.1. The molecule has 1 unspecified atom stereocenters. The molecule has 5 heteroatoms. The smallest absolute Gasteiger partial charge is 0.326 e. The van der Waals surface area contributed by atoms with Crippen molar-refractivity contribution in [2.75, 3.05) is 33.5 Å². The van der Waals surface area contributed by atoms with Gasteiger partial charge in [0.2, 0.25) is 0 Å². The molecule has 1 aliphatic heterocycles. The molecular weight excluding hydrogens is 186 g/mol. The van der Waals surface area contributed by atoms with Crippen LogP contribution in [0.1, 0.15) is 12.8 Å². The molecule has 0 aliphatic carbocycles. The predicted octanol–water partition coefficient (Wildman–Crippen LogP) is -0.144. The number of aliphatic carboxylic acids is 1. The third kappa shape index (κ3) is 2.67. The number of carbonyl (C=O) groups is 1. The Morgan fingerprint density at radius 1 is 1.71 bits per heavy atom. The van der Waals surface area contributed by atoms with E-state index in [0.717, 1.165) is 6.42 Å². The van der Waals surface area contributed by atoms with Gasteiger partial charge in [-0.2, -0.15) is 0 Å². The number of methoxy groups -OCH3 is 1. The number of nitrogens with one attached hydrogen (secondary N) is 1. The van der Waals surface area contributed by atoms with Crippen LogP contribution in [-0.4, -0.2) is 50.1 Å². The Hall–Kier alpha value is -0.650. The van der Waals surface area contributed by atoms with Crippen LogP contribution in [0, 0.1) is 0 Å². The molecule has 0 amide bonds. The molecule has 0 saturated carbocycles. The highest BCUT2D eigenvalue weighted by Crippen LogP contribution is 2.19. The van der Waals surface area contributed by atoms with Gasteiger partial charge in [-0.1, -0.05) is 0 Å². The highest BCUT2D eigenvalue weighted by atomic mass is 16.5. The second-order valence-electron chi connectivity index (χ2n) is 3.46. The number of hydrogen-bond acceptors (Lipinski definition) is 4. The SMILES string of the molecule is COCCNC1(C(=O)O)CCCOC1. The number of carboxylic acid groups (broad SMARTS) is 1. The van der Waals surface area contributed by atoms with Gasteiger partial charge in [-0.3, -0.25) is 10.1 Å². The Balaban J connectivity index is 2.47. The van der Waals surface area contributed by atoms with Crippen LogP contribution in [0.3, 0.4) is 0 Å². The fourth-order valence-corrected chi connectivity index (χ4v) is 1.57. The molecule has 1 saturated heterocycles. The van der Waals surface area contributed by atoms with Gasteiger partial charge in [-0.05, 0) is 12.8 Å². The monoisotopic (exact) mass is 203 g/mol. The van der Waals surface area contributed by atoms with Crippen LogP contribution < -0.4 is 5.32 Å². The molecule has 0 bridgehead atoms.